The van der Waals surface area contributed by atoms with Crippen LogP contribution >= 0.6 is 0 Å². The zero-order valence-electron chi connectivity index (χ0n) is 11.9. The fourth-order valence-corrected chi connectivity index (χ4v) is 2.20. The van der Waals surface area contributed by atoms with E-state index in [0.29, 0.717) is 5.56 Å². The van der Waals surface area contributed by atoms with Crippen molar-refractivity contribution < 1.29 is 18.8 Å². The van der Waals surface area contributed by atoms with Crippen molar-refractivity contribution in [2.24, 2.45) is 4.99 Å². The van der Waals surface area contributed by atoms with Crippen molar-refractivity contribution >= 4 is 23.4 Å². The third-order valence-corrected chi connectivity index (χ3v) is 3.41. The van der Waals surface area contributed by atoms with Crippen LogP contribution in [0.1, 0.15) is 5.56 Å². The fourth-order valence-electron chi connectivity index (χ4n) is 2.20. The first-order valence-corrected chi connectivity index (χ1v) is 6.88. The van der Waals surface area contributed by atoms with E-state index in [9.17, 15) is 18.8 Å². The maximum Gasteiger partial charge on any atom is 0.302 e. The molecule has 2 aliphatic heterocycles. The molecule has 0 aliphatic carbocycles. The van der Waals surface area contributed by atoms with Crippen LogP contribution in [-0.4, -0.2) is 34.4 Å². The van der Waals surface area contributed by atoms with Gasteiger partial charge in [-0.25, -0.2) is 9.38 Å². The molecule has 1 aromatic carbocycles. The molecule has 1 aromatic rings. The Hall–Kier alpha value is -3.09. The van der Waals surface area contributed by atoms with Crippen LogP contribution in [0.3, 0.4) is 0 Å². The van der Waals surface area contributed by atoms with E-state index in [1.54, 1.807) is 18.2 Å². The number of nitrogens with one attached hydrogen (secondary N) is 1. The van der Waals surface area contributed by atoms with Crippen molar-refractivity contribution in [1.29, 1.82) is 0 Å². The van der Waals surface area contributed by atoms with Crippen molar-refractivity contribution in [3.05, 3.63) is 60.1 Å². The van der Waals surface area contributed by atoms with Gasteiger partial charge in [0.05, 0.1) is 0 Å². The van der Waals surface area contributed by atoms with Crippen LogP contribution in [0.2, 0.25) is 0 Å². The molecule has 3 rings (SSSR count). The molecule has 0 saturated carbocycles. The minimum absolute atomic E-state index is 0.112. The van der Waals surface area contributed by atoms with Gasteiger partial charge >= 0.3 is 5.91 Å². The third-order valence-electron chi connectivity index (χ3n) is 3.41. The van der Waals surface area contributed by atoms with Gasteiger partial charge in [-0.2, -0.15) is 0 Å². The average molecular weight is 313 g/mol. The van der Waals surface area contributed by atoms with Gasteiger partial charge in [0.1, 0.15) is 11.7 Å². The lowest BCUT2D eigenvalue weighted by Crippen LogP contribution is -2.52. The maximum absolute atomic E-state index is 12.8. The second-order valence-electron chi connectivity index (χ2n) is 4.97. The fraction of sp³-hybridized carbons (Fsp3) is 0.125. The van der Waals surface area contributed by atoms with Crippen molar-refractivity contribution in [1.82, 2.24) is 10.2 Å². The number of nitrogens with zero attached hydrogens (tertiary/aromatic N) is 2. The minimum atomic E-state index is -1.40. The molecular formula is C16H12FN3O3. The number of amides is 2. The van der Waals surface area contributed by atoms with Gasteiger partial charge in [-0.3, -0.25) is 19.3 Å². The van der Waals surface area contributed by atoms with Gasteiger partial charge in [-0.15, -0.1) is 0 Å². The number of allylic oxidation sites excluding steroid dienone is 2. The Kier molecular flexibility index (Phi) is 3.84. The highest BCUT2D eigenvalue weighted by atomic mass is 19.1. The minimum Gasteiger partial charge on any atom is -0.350 e. The number of carbonyl (C=O) groups is 3. The highest BCUT2D eigenvalue weighted by Crippen LogP contribution is 2.14. The number of hydrogen-bond donors (Lipinski definition) is 1. The Labute approximate surface area is 131 Å². The Morgan fingerprint density at radius 3 is 2.70 bits per heavy atom. The van der Waals surface area contributed by atoms with Gasteiger partial charge in [0, 0.05) is 12.7 Å². The summed E-state index contributed by atoms with van der Waals surface area (Å²) >= 11 is 0. The van der Waals surface area contributed by atoms with Gasteiger partial charge in [0.25, 0.3) is 11.7 Å². The standard InChI is InChI=1S/C16H12FN3O3/c17-11-6-4-10(5-7-11)9-18-15(22)13-14(21)16(23)20-8-2-1-3-12(20)19-13/h1-8,13H,9H2,(H,18,22). The third kappa shape index (κ3) is 2.94. The number of Topliss-reactive ketones (excluding diaryl/α,β-unsaturated/α-hetero) is 1. The van der Waals surface area contributed by atoms with Gasteiger partial charge in [0.15, 0.2) is 6.04 Å². The number of benzene rings is 1. The van der Waals surface area contributed by atoms with Crippen molar-refractivity contribution in [2.75, 3.05) is 0 Å². The number of carbonyl (C=O) groups excluding carboxylic acids is 3. The Bertz CT molecular complexity index is 765. The Morgan fingerprint density at radius 1 is 1.22 bits per heavy atom. The molecule has 1 atom stereocenters. The molecule has 116 valence electrons. The Balaban J connectivity index is 1.72. The largest absolute Gasteiger partial charge is 0.350 e. The maximum atomic E-state index is 12.8. The molecule has 0 radical (unpaired) electrons. The van der Waals surface area contributed by atoms with Gasteiger partial charge in [-0.05, 0) is 29.8 Å². The van der Waals surface area contributed by atoms with Crippen LogP contribution in [0.15, 0.2) is 53.7 Å². The summed E-state index contributed by atoms with van der Waals surface area (Å²) in [5, 5.41) is 2.53. The first-order valence-electron chi connectivity index (χ1n) is 6.88. The summed E-state index contributed by atoms with van der Waals surface area (Å²) in [6.45, 7) is 0.112. The number of ketones is 1. The highest BCUT2D eigenvalue weighted by molar-refractivity contribution is 6.46. The molecule has 1 unspecified atom stereocenters. The Morgan fingerprint density at radius 2 is 1.96 bits per heavy atom. The molecule has 0 spiro atoms. The van der Waals surface area contributed by atoms with Gasteiger partial charge in [-0.1, -0.05) is 18.2 Å². The summed E-state index contributed by atoms with van der Waals surface area (Å²) in [6.07, 6.45) is 6.22. The molecule has 0 aromatic heterocycles. The number of hydrogen-bond acceptors (Lipinski definition) is 4. The molecule has 0 saturated heterocycles. The highest BCUT2D eigenvalue weighted by Gasteiger charge is 2.39. The predicted molar refractivity (Wildman–Crippen MR) is 79.6 cm³/mol. The second kappa shape index (κ2) is 5.96. The molecule has 2 aliphatic rings. The van der Waals surface area contributed by atoms with Crippen molar-refractivity contribution in [3.8, 4) is 0 Å². The summed E-state index contributed by atoms with van der Waals surface area (Å²) in [7, 11) is 0. The molecule has 0 fully saturated rings. The van der Waals surface area contributed by atoms with E-state index in [2.05, 4.69) is 10.3 Å². The van der Waals surface area contributed by atoms with Crippen molar-refractivity contribution in [3.63, 3.8) is 0 Å². The average Bonchev–Trinajstić information content (AvgIpc) is 2.57. The molecular weight excluding hydrogens is 301 g/mol. The lowest BCUT2D eigenvalue weighted by Gasteiger charge is -2.26. The number of rotatable bonds is 3. The quantitative estimate of drug-likeness (QED) is 0.659. The van der Waals surface area contributed by atoms with E-state index in [0.717, 1.165) is 4.90 Å². The first-order chi connectivity index (χ1) is 11.1. The number of amidine groups is 1. The van der Waals surface area contributed by atoms with Crippen LogP contribution in [0.25, 0.3) is 0 Å². The summed E-state index contributed by atoms with van der Waals surface area (Å²) in [6, 6.07) is 4.19. The zero-order chi connectivity index (χ0) is 16.4. The zero-order valence-corrected chi connectivity index (χ0v) is 11.9. The summed E-state index contributed by atoms with van der Waals surface area (Å²) < 4.78 is 12.8. The van der Waals surface area contributed by atoms with Gasteiger partial charge in [0.2, 0.25) is 0 Å². The van der Waals surface area contributed by atoms with E-state index in [1.165, 1.54) is 30.5 Å². The smallest absolute Gasteiger partial charge is 0.302 e. The lowest BCUT2D eigenvalue weighted by atomic mass is 10.1. The van der Waals surface area contributed by atoms with E-state index in [-0.39, 0.29) is 18.2 Å². The predicted octanol–water partition coefficient (Wildman–Crippen LogP) is 0.704. The van der Waals surface area contributed by atoms with Crippen LogP contribution in [-0.2, 0) is 20.9 Å². The summed E-state index contributed by atoms with van der Waals surface area (Å²) in [4.78, 5) is 41.3. The molecule has 2 heterocycles. The molecule has 7 heteroatoms. The summed E-state index contributed by atoms with van der Waals surface area (Å²) in [5.41, 5.74) is 0.670. The molecule has 0 bridgehead atoms. The van der Waals surface area contributed by atoms with Crippen LogP contribution in [0.5, 0.6) is 0 Å². The van der Waals surface area contributed by atoms with Crippen LogP contribution < -0.4 is 5.32 Å². The van der Waals surface area contributed by atoms with E-state index >= 15 is 0 Å². The monoisotopic (exact) mass is 313 g/mol. The second-order valence-corrected chi connectivity index (χ2v) is 4.97. The normalized spacial score (nSPS) is 19.4. The number of halogens is 1. The first kappa shape index (κ1) is 14.8. The van der Waals surface area contributed by atoms with E-state index in [1.807, 2.05) is 0 Å². The van der Waals surface area contributed by atoms with Crippen molar-refractivity contribution in [2.45, 2.75) is 12.6 Å². The van der Waals surface area contributed by atoms with Crippen LogP contribution in [0.4, 0.5) is 4.39 Å². The van der Waals surface area contributed by atoms with Gasteiger partial charge < -0.3 is 5.32 Å². The molecule has 1 N–H and O–H groups in total. The van der Waals surface area contributed by atoms with E-state index < -0.39 is 23.6 Å². The molecule has 6 nitrogen and oxygen atoms in total. The SMILES string of the molecule is O=C(NCc1ccc(F)cc1)C1N=C2C=CC=CN2C(=O)C1=O. The topological polar surface area (TPSA) is 78.8 Å². The molecule has 2 amide bonds. The lowest BCUT2D eigenvalue weighted by molar-refractivity contribution is -0.144. The summed E-state index contributed by atoms with van der Waals surface area (Å²) in [5.74, 6) is -2.47. The van der Waals surface area contributed by atoms with E-state index in [4.69, 9.17) is 0 Å². The number of aliphatic imine (C=N–C) groups is 1. The number of fused-ring (bicyclic) bond motifs is 1. The molecule has 23 heavy (non-hydrogen) atoms. The van der Waals surface area contributed by atoms with Crippen LogP contribution in [0, 0.1) is 5.82 Å².